The van der Waals surface area contributed by atoms with Gasteiger partial charge in [0.05, 0.1) is 11.7 Å². The fourth-order valence-electron chi connectivity index (χ4n) is 3.54. The first-order chi connectivity index (χ1) is 10.3. The molecule has 1 aliphatic heterocycles. The lowest BCUT2D eigenvalue weighted by Gasteiger charge is -2.35. The van der Waals surface area contributed by atoms with Crippen LogP contribution in [0.3, 0.4) is 0 Å². The van der Waals surface area contributed by atoms with E-state index in [1.807, 2.05) is 0 Å². The third kappa shape index (κ3) is 3.90. The smallest absolute Gasteiger partial charge is 0.145 e. The van der Waals surface area contributed by atoms with E-state index in [1.165, 1.54) is 63.5 Å². The lowest BCUT2D eigenvalue weighted by molar-refractivity contribution is 0.148. The molecule has 1 aromatic rings. The summed E-state index contributed by atoms with van der Waals surface area (Å²) in [6.07, 6.45) is 13.0. The monoisotopic (exact) mass is 291 g/mol. The number of nitrogens with one attached hydrogen (secondary N) is 1. The van der Waals surface area contributed by atoms with Crippen LogP contribution in [0.5, 0.6) is 5.75 Å². The highest BCUT2D eigenvalue weighted by Gasteiger charge is 2.29. The maximum Gasteiger partial charge on any atom is 0.145 e. The summed E-state index contributed by atoms with van der Waals surface area (Å²) in [6, 6.07) is 5.19. The Bertz CT molecular complexity index is 463. The molecule has 1 saturated carbocycles. The Morgan fingerprint density at radius 3 is 2.33 bits per heavy atom. The molecule has 0 aromatic heterocycles. The molecule has 0 saturated heterocycles. The lowest BCUT2D eigenvalue weighted by Crippen LogP contribution is -2.41. The predicted molar refractivity (Wildman–Crippen MR) is 84.4 cm³/mol. The second kappa shape index (κ2) is 7.15. The topological polar surface area (TPSA) is 21.3 Å². The van der Waals surface area contributed by atoms with Crippen LogP contribution in [0, 0.1) is 5.82 Å². The molecular weight excluding hydrogens is 265 g/mol. The molecule has 0 spiro atoms. The minimum atomic E-state index is -0.220. The van der Waals surface area contributed by atoms with Gasteiger partial charge < -0.3 is 10.1 Å². The van der Waals surface area contributed by atoms with Crippen LogP contribution in [0.25, 0.3) is 0 Å². The molecule has 0 bridgehead atoms. The lowest BCUT2D eigenvalue weighted by atomic mass is 9.94. The van der Waals surface area contributed by atoms with E-state index < -0.39 is 0 Å². The molecule has 0 radical (unpaired) electrons. The van der Waals surface area contributed by atoms with Gasteiger partial charge in [0, 0.05) is 6.07 Å². The summed E-state index contributed by atoms with van der Waals surface area (Å²) < 4.78 is 19.5. The Morgan fingerprint density at radius 1 is 0.905 bits per heavy atom. The minimum Gasteiger partial charge on any atom is -0.486 e. The van der Waals surface area contributed by atoms with Gasteiger partial charge in [0.1, 0.15) is 17.7 Å². The highest BCUT2D eigenvalue weighted by Crippen LogP contribution is 2.35. The maximum absolute atomic E-state index is 13.4. The van der Waals surface area contributed by atoms with E-state index in [4.69, 9.17) is 4.74 Å². The molecule has 3 heteroatoms. The van der Waals surface area contributed by atoms with E-state index in [2.05, 4.69) is 5.32 Å². The van der Waals surface area contributed by atoms with Gasteiger partial charge in [-0.25, -0.2) is 4.39 Å². The molecule has 0 amide bonds. The fraction of sp³-hybridized carbons (Fsp3) is 0.667. The number of halogens is 1. The van der Waals surface area contributed by atoms with Crippen molar-refractivity contribution in [1.29, 1.82) is 0 Å². The van der Waals surface area contributed by atoms with Crippen LogP contribution in [-0.2, 0) is 0 Å². The SMILES string of the molecule is Fc1ccc2c(c1)OC1CCCCCCCCCCC1N2. The summed E-state index contributed by atoms with van der Waals surface area (Å²) in [5.41, 5.74) is 0.949. The number of rotatable bonds is 0. The first-order valence-electron chi connectivity index (χ1n) is 8.56. The summed E-state index contributed by atoms with van der Waals surface area (Å²) >= 11 is 0. The summed E-state index contributed by atoms with van der Waals surface area (Å²) in [5, 5.41) is 3.59. The number of hydrogen-bond acceptors (Lipinski definition) is 2. The molecule has 3 rings (SSSR count). The molecule has 2 nitrogen and oxygen atoms in total. The number of anilines is 1. The zero-order valence-corrected chi connectivity index (χ0v) is 12.7. The summed E-state index contributed by atoms with van der Waals surface area (Å²) in [5.74, 6) is 0.463. The van der Waals surface area contributed by atoms with Gasteiger partial charge in [-0.2, -0.15) is 0 Å². The van der Waals surface area contributed by atoms with Gasteiger partial charge in [-0.05, 0) is 31.4 Å². The average molecular weight is 291 g/mol. The second-order valence-electron chi connectivity index (χ2n) is 6.45. The summed E-state index contributed by atoms with van der Waals surface area (Å²) in [7, 11) is 0. The molecule has 2 aliphatic rings. The Morgan fingerprint density at radius 2 is 1.57 bits per heavy atom. The van der Waals surface area contributed by atoms with Crippen LogP contribution in [0.15, 0.2) is 18.2 Å². The van der Waals surface area contributed by atoms with Crippen molar-refractivity contribution in [2.75, 3.05) is 5.32 Å². The summed E-state index contributed by atoms with van der Waals surface area (Å²) in [6.45, 7) is 0. The normalized spacial score (nSPS) is 27.1. The van der Waals surface area contributed by atoms with Crippen molar-refractivity contribution in [3.05, 3.63) is 24.0 Å². The van der Waals surface area contributed by atoms with E-state index in [0.717, 1.165) is 18.5 Å². The summed E-state index contributed by atoms with van der Waals surface area (Å²) in [4.78, 5) is 0. The van der Waals surface area contributed by atoms with Crippen LogP contribution in [0.2, 0.25) is 0 Å². The molecular formula is C18H26FNO. The molecule has 1 fully saturated rings. The van der Waals surface area contributed by atoms with Crippen LogP contribution < -0.4 is 10.1 Å². The van der Waals surface area contributed by atoms with Crippen molar-refractivity contribution >= 4 is 5.69 Å². The number of fused-ring (bicyclic) bond motifs is 2. The molecule has 1 heterocycles. The highest BCUT2D eigenvalue weighted by molar-refractivity contribution is 5.58. The van der Waals surface area contributed by atoms with Gasteiger partial charge in [-0.1, -0.05) is 44.9 Å². The molecule has 2 atom stereocenters. The Hall–Kier alpha value is -1.25. The van der Waals surface area contributed by atoms with E-state index in [0.29, 0.717) is 11.8 Å². The fourth-order valence-corrected chi connectivity index (χ4v) is 3.54. The highest BCUT2D eigenvalue weighted by atomic mass is 19.1. The first kappa shape index (κ1) is 14.7. The van der Waals surface area contributed by atoms with Crippen LogP contribution in [-0.4, -0.2) is 12.1 Å². The van der Waals surface area contributed by atoms with E-state index in [9.17, 15) is 4.39 Å². The largest absolute Gasteiger partial charge is 0.486 e. The van der Waals surface area contributed by atoms with Crippen molar-refractivity contribution < 1.29 is 9.13 Å². The van der Waals surface area contributed by atoms with Crippen molar-refractivity contribution in [2.45, 2.75) is 76.4 Å². The third-order valence-electron chi connectivity index (χ3n) is 4.77. The number of ether oxygens (including phenoxy) is 1. The van der Waals surface area contributed by atoms with Gasteiger partial charge >= 0.3 is 0 Å². The minimum absolute atomic E-state index is 0.193. The van der Waals surface area contributed by atoms with E-state index in [1.54, 1.807) is 6.07 Å². The van der Waals surface area contributed by atoms with Crippen molar-refractivity contribution in [1.82, 2.24) is 0 Å². The second-order valence-corrected chi connectivity index (χ2v) is 6.45. The van der Waals surface area contributed by atoms with E-state index in [-0.39, 0.29) is 11.9 Å². The van der Waals surface area contributed by atoms with Crippen molar-refractivity contribution in [3.63, 3.8) is 0 Å². The quantitative estimate of drug-likeness (QED) is 0.702. The van der Waals surface area contributed by atoms with Crippen LogP contribution in [0.4, 0.5) is 10.1 Å². The molecule has 1 aromatic carbocycles. The zero-order valence-electron chi connectivity index (χ0n) is 12.7. The molecule has 2 unspecified atom stereocenters. The van der Waals surface area contributed by atoms with Crippen molar-refractivity contribution in [2.24, 2.45) is 0 Å². The standard InChI is InChI=1S/C18H26FNO/c19-14-11-12-16-18(13-14)21-17-10-8-6-4-2-1-3-5-7-9-15(17)20-16/h11-13,15,17,20H,1-10H2. The van der Waals surface area contributed by atoms with Crippen LogP contribution in [0.1, 0.15) is 64.2 Å². The van der Waals surface area contributed by atoms with Crippen LogP contribution >= 0.6 is 0 Å². The van der Waals surface area contributed by atoms with E-state index >= 15 is 0 Å². The van der Waals surface area contributed by atoms with Gasteiger partial charge in [0.25, 0.3) is 0 Å². The Balaban J connectivity index is 1.70. The van der Waals surface area contributed by atoms with Gasteiger partial charge in [-0.3, -0.25) is 0 Å². The average Bonchev–Trinajstić information content (AvgIpc) is 2.47. The third-order valence-corrected chi connectivity index (χ3v) is 4.77. The molecule has 116 valence electrons. The van der Waals surface area contributed by atoms with Gasteiger partial charge in [0.2, 0.25) is 0 Å². The number of benzene rings is 1. The molecule has 1 aliphatic carbocycles. The number of hydrogen-bond donors (Lipinski definition) is 1. The first-order valence-corrected chi connectivity index (χ1v) is 8.56. The molecule has 21 heavy (non-hydrogen) atoms. The van der Waals surface area contributed by atoms with Gasteiger partial charge in [0.15, 0.2) is 0 Å². The maximum atomic E-state index is 13.4. The zero-order chi connectivity index (χ0) is 14.5. The van der Waals surface area contributed by atoms with Crippen molar-refractivity contribution in [3.8, 4) is 5.75 Å². The molecule has 1 N–H and O–H groups in total. The predicted octanol–water partition coefficient (Wildman–Crippen LogP) is 5.28. The Kier molecular flexibility index (Phi) is 5.00. The Labute approximate surface area is 127 Å². The van der Waals surface area contributed by atoms with Gasteiger partial charge in [-0.15, -0.1) is 0 Å².